The molecule has 0 heterocycles. The lowest BCUT2D eigenvalue weighted by molar-refractivity contribution is 0.247. The molecule has 0 unspecified atom stereocenters. The van der Waals surface area contributed by atoms with E-state index in [0.717, 1.165) is 10.0 Å². The zero-order valence-electron chi connectivity index (χ0n) is 12.0. The van der Waals surface area contributed by atoms with Gasteiger partial charge in [-0.2, -0.15) is 0 Å². The third-order valence-corrected chi connectivity index (χ3v) is 3.76. The number of amides is 2. The van der Waals surface area contributed by atoms with E-state index in [-0.39, 0.29) is 18.5 Å². The molecule has 0 aliphatic heterocycles. The van der Waals surface area contributed by atoms with Crippen LogP contribution in [-0.4, -0.2) is 19.2 Å². The zero-order valence-corrected chi connectivity index (χ0v) is 13.6. The Morgan fingerprint density at radius 1 is 1.27 bits per heavy atom. The topological polar surface area (TPSA) is 50.4 Å². The highest BCUT2D eigenvalue weighted by Crippen LogP contribution is 2.19. The Kier molecular flexibility index (Phi) is 5.77. The van der Waals surface area contributed by atoms with Crippen LogP contribution in [0.1, 0.15) is 5.56 Å². The number of anilines is 1. The van der Waals surface area contributed by atoms with Gasteiger partial charge in [-0.25, -0.2) is 9.18 Å². The molecule has 116 valence electrons. The number of hydrogen-bond acceptors (Lipinski definition) is 2. The molecule has 2 aromatic carbocycles. The van der Waals surface area contributed by atoms with Crippen molar-refractivity contribution in [2.45, 2.75) is 6.92 Å². The maximum Gasteiger partial charge on any atom is 0.319 e. The summed E-state index contributed by atoms with van der Waals surface area (Å²) in [7, 11) is 0. The molecule has 4 nitrogen and oxygen atoms in total. The van der Waals surface area contributed by atoms with Crippen molar-refractivity contribution in [3.05, 3.63) is 58.3 Å². The van der Waals surface area contributed by atoms with Gasteiger partial charge in [0.05, 0.1) is 6.54 Å². The number of halogens is 2. The van der Waals surface area contributed by atoms with E-state index >= 15 is 0 Å². The van der Waals surface area contributed by atoms with Crippen LogP contribution in [0.4, 0.5) is 14.9 Å². The van der Waals surface area contributed by atoms with Crippen LogP contribution in [0, 0.1) is 12.7 Å². The van der Waals surface area contributed by atoms with E-state index in [2.05, 4.69) is 26.6 Å². The second kappa shape index (κ2) is 7.79. The Labute approximate surface area is 136 Å². The van der Waals surface area contributed by atoms with Gasteiger partial charge in [0, 0.05) is 16.2 Å². The molecule has 22 heavy (non-hydrogen) atoms. The summed E-state index contributed by atoms with van der Waals surface area (Å²) in [6.45, 7) is 2.52. The van der Waals surface area contributed by atoms with E-state index in [9.17, 15) is 9.18 Å². The molecule has 0 fully saturated rings. The molecular formula is C16H16BrFN2O2. The Hall–Kier alpha value is -2.08. The van der Waals surface area contributed by atoms with Crippen LogP contribution in [0.5, 0.6) is 5.75 Å². The third-order valence-electron chi connectivity index (χ3n) is 2.87. The van der Waals surface area contributed by atoms with E-state index in [1.54, 1.807) is 18.2 Å². The van der Waals surface area contributed by atoms with Gasteiger partial charge in [0.15, 0.2) is 0 Å². The van der Waals surface area contributed by atoms with Crippen molar-refractivity contribution < 1.29 is 13.9 Å². The molecule has 2 amide bonds. The summed E-state index contributed by atoms with van der Waals surface area (Å²) in [5, 5.41) is 5.40. The molecule has 6 heteroatoms. The van der Waals surface area contributed by atoms with Gasteiger partial charge in [-0.3, -0.25) is 0 Å². The van der Waals surface area contributed by atoms with Gasteiger partial charge in [-0.15, -0.1) is 0 Å². The minimum Gasteiger partial charge on any atom is -0.492 e. The lowest BCUT2D eigenvalue weighted by atomic mass is 10.2. The average Bonchev–Trinajstić information content (AvgIpc) is 2.48. The first-order valence-electron chi connectivity index (χ1n) is 6.74. The second-order valence-electron chi connectivity index (χ2n) is 4.65. The van der Waals surface area contributed by atoms with Crippen molar-refractivity contribution in [3.8, 4) is 5.75 Å². The molecule has 0 bridgehead atoms. The molecule has 2 rings (SSSR count). The first-order valence-corrected chi connectivity index (χ1v) is 7.53. The van der Waals surface area contributed by atoms with Gasteiger partial charge in [-0.1, -0.05) is 22.0 Å². The number of carbonyl (C=O) groups is 1. The normalized spacial score (nSPS) is 10.1. The molecule has 2 N–H and O–H groups in total. The van der Waals surface area contributed by atoms with Gasteiger partial charge in [-0.05, 0) is 42.8 Å². The van der Waals surface area contributed by atoms with Gasteiger partial charge in [0.25, 0.3) is 0 Å². The van der Waals surface area contributed by atoms with E-state index < -0.39 is 0 Å². The van der Waals surface area contributed by atoms with Crippen LogP contribution in [0.3, 0.4) is 0 Å². The maximum atomic E-state index is 12.9. The monoisotopic (exact) mass is 366 g/mol. The second-order valence-corrected chi connectivity index (χ2v) is 5.51. The van der Waals surface area contributed by atoms with E-state index in [1.807, 2.05) is 19.1 Å². The number of nitrogens with one attached hydrogen (secondary N) is 2. The predicted molar refractivity (Wildman–Crippen MR) is 87.8 cm³/mol. The van der Waals surface area contributed by atoms with E-state index in [4.69, 9.17) is 4.74 Å². The molecule has 0 saturated carbocycles. The molecule has 0 atom stereocenters. The average molecular weight is 367 g/mol. The van der Waals surface area contributed by atoms with Crippen LogP contribution >= 0.6 is 15.9 Å². The summed E-state index contributed by atoms with van der Waals surface area (Å²) >= 11 is 3.40. The van der Waals surface area contributed by atoms with Crippen LogP contribution in [0.2, 0.25) is 0 Å². The van der Waals surface area contributed by atoms with Crippen molar-refractivity contribution in [3.63, 3.8) is 0 Å². The number of aryl methyl sites for hydroxylation is 1. The minimum absolute atomic E-state index is 0.260. The zero-order chi connectivity index (χ0) is 15.9. The van der Waals surface area contributed by atoms with Crippen LogP contribution < -0.4 is 15.4 Å². The lowest BCUT2D eigenvalue weighted by Gasteiger charge is -2.10. The van der Waals surface area contributed by atoms with E-state index in [0.29, 0.717) is 18.0 Å². The summed E-state index contributed by atoms with van der Waals surface area (Å²) in [5.74, 6) is 0.0829. The molecule has 0 spiro atoms. The van der Waals surface area contributed by atoms with Crippen molar-refractivity contribution in [1.82, 2.24) is 5.32 Å². The number of rotatable bonds is 5. The van der Waals surface area contributed by atoms with Crippen LogP contribution in [0.15, 0.2) is 46.9 Å². The van der Waals surface area contributed by atoms with Gasteiger partial charge < -0.3 is 15.4 Å². The summed E-state index contributed by atoms with van der Waals surface area (Å²) in [6.07, 6.45) is 0. The molecule has 0 aliphatic rings. The molecule has 0 aromatic heterocycles. The summed E-state index contributed by atoms with van der Waals surface area (Å²) in [6, 6.07) is 11.1. The third kappa shape index (κ3) is 5.04. The fourth-order valence-corrected chi connectivity index (χ4v) is 2.03. The smallest absolute Gasteiger partial charge is 0.319 e. The highest BCUT2D eigenvalue weighted by molar-refractivity contribution is 9.10. The molecule has 0 radical (unpaired) electrons. The van der Waals surface area contributed by atoms with Gasteiger partial charge in [0.1, 0.15) is 18.2 Å². The highest BCUT2D eigenvalue weighted by Gasteiger charge is 2.03. The first kappa shape index (κ1) is 16.3. The Balaban J connectivity index is 1.72. The summed E-state index contributed by atoms with van der Waals surface area (Å²) in [5.41, 5.74) is 1.75. The summed E-state index contributed by atoms with van der Waals surface area (Å²) in [4.78, 5) is 11.7. The largest absolute Gasteiger partial charge is 0.492 e. The standard InChI is InChI=1S/C16H16BrFN2O2/c1-11-9-13(5-6-15(11)17)20-16(21)19-7-8-22-14-4-2-3-12(18)10-14/h2-6,9-10H,7-8H2,1H3,(H2,19,20,21). The van der Waals surface area contributed by atoms with Gasteiger partial charge in [0.2, 0.25) is 0 Å². The maximum absolute atomic E-state index is 12.9. The molecule has 0 saturated heterocycles. The van der Waals surface area contributed by atoms with Crippen molar-refractivity contribution in [2.24, 2.45) is 0 Å². The number of carbonyl (C=O) groups excluding carboxylic acids is 1. The highest BCUT2D eigenvalue weighted by atomic mass is 79.9. The fraction of sp³-hybridized carbons (Fsp3) is 0.188. The molecule has 2 aromatic rings. The summed E-state index contributed by atoms with van der Waals surface area (Å²) < 4.78 is 19.3. The lowest BCUT2D eigenvalue weighted by Crippen LogP contribution is -2.32. The Bertz CT molecular complexity index is 664. The predicted octanol–water partition coefficient (Wildman–Crippen LogP) is 4.10. The number of ether oxygens (including phenoxy) is 1. The fourth-order valence-electron chi connectivity index (χ4n) is 1.79. The van der Waals surface area contributed by atoms with Crippen molar-refractivity contribution in [1.29, 1.82) is 0 Å². The van der Waals surface area contributed by atoms with E-state index in [1.165, 1.54) is 12.1 Å². The Morgan fingerprint density at radius 2 is 2.09 bits per heavy atom. The Morgan fingerprint density at radius 3 is 2.82 bits per heavy atom. The molecular weight excluding hydrogens is 351 g/mol. The van der Waals surface area contributed by atoms with Crippen LogP contribution in [0.25, 0.3) is 0 Å². The van der Waals surface area contributed by atoms with Crippen molar-refractivity contribution >= 4 is 27.6 Å². The van der Waals surface area contributed by atoms with Crippen LogP contribution in [-0.2, 0) is 0 Å². The van der Waals surface area contributed by atoms with Gasteiger partial charge >= 0.3 is 6.03 Å². The first-order chi connectivity index (χ1) is 10.5. The minimum atomic E-state index is -0.353. The number of hydrogen-bond donors (Lipinski definition) is 2. The number of urea groups is 1. The molecule has 0 aliphatic carbocycles. The quantitative estimate of drug-likeness (QED) is 0.782. The SMILES string of the molecule is Cc1cc(NC(=O)NCCOc2cccc(F)c2)ccc1Br. The number of benzene rings is 2. The van der Waals surface area contributed by atoms with Crippen molar-refractivity contribution in [2.75, 3.05) is 18.5 Å².